The van der Waals surface area contributed by atoms with Crippen molar-refractivity contribution in [1.82, 2.24) is 14.9 Å². The van der Waals surface area contributed by atoms with Crippen LogP contribution in [-0.4, -0.2) is 36.7 Å². The van der Waals surface area contributed by atoms with Gasteiger partial charge in [0.05, 0.1) is 39.6 Å². The van der Waals surface area contributed by atoms with E-state index in [1.165, 1.54) is 44.3 Å². The highest BCUT2D eigenvalue weighted by Gasteiger charge is 2.26. The lowest BCUT2D eigenvalue weighted by Crippen LogP contribution is -2.18. The van der Waals surface area contributed by atoms with Gasteiger partial charge in [-0.05, 0) is 86.3 Å². The number of halogens is 2. The van der Waals surface area contributed by atoms with Crippen molar-refractivity contribution in [2.45, 2.75) is 32.7 Å². The first kappa shape index (κ1) is 29.7. The van der Waals surface area contributed by atoms with E-state index in [0.29, 0.717) is 39.8 Å². The van der Waals surface area contributed by atoms with Crippen LogP contribution in [0.5, 0.6) is 0 Å². The minimum atomic E-state index is -3.74. The average Bonchev–Trinajstić information content (AvgIpc) is 3.60. The number of aromatic nitrogens is 2. The summed E-state index contributed by atoms with van der Waals surface area (Å²) in [6.45, 7) is 2.24. The van der Waals surface area contributed by atoms with Crippen LogP contribution in [0.2, 0.25) is 0 Å². The van der Waals surface area contributed by atoms with Crippen LogP contribution >= 0.6 is 0 Å². The number of carbonyl (C=O) groups excluding carboxylic acids is 1. The highest BCUT2D eigenvalue weighted by molar-refractivity contribution is 7.92. The number of fused-ring (bicyclic) bond motifs is 6. The second-order valence-corrected chi connectivity index (χ2v) is 13.3. The van der Waals surface area contributed by atoms with Gasteiger partial charge in [0.2, 0.25) is 10.0 Å². The molecule has 0 radical (unpaired) electrons. The molecule has 3 aromatic heterocycles. The summed E-state index contributed by atoms with van der Waals surface area (Å²) in [6, 6.07) is 19.5. The Morgan fingerprint density at radius 1 is 1.00 bits per heavy atom. The highest BCUT2D eigenvalue weighted by atomic mass is 32.2. The summed E-state index contributed by atoms with van der Waals surface area (Å²) in [5.41, 5.74) is 5.32. The summed E-state index contributed by atoms with van der Waals surface area (Å²) < 4.78 is 65.3. The molecule has 11 heteroatoms. The van der Waals surface area contributed by atoms with E-state index in [2.05, 4.69) is 14.6 Å². The number of hydrogen-bond acceptors (Lipinski definition) is 5. The predicted molar refractivity (Wildman–Crippen MR) is 175 cm³/mol. The van der Waals surface area contributed by atoms with E-state index in [1.54, 1.807) is 18.2 Å². The Morgan fingerprint density at radius 3 is 2.57 bits per heavy atom. The maximum atomic E-state index is 14.9. The van der Waals surface area contributed by atoms with E-state index in [1.807, 2.05) is 24.3 Å². The minimum Gasteiger partial charge on any atom is -0.455 e. The van der Waals surface area contributed by atoms with Gasteiger partial charge < -0.3 is 14.3 Å². The molecule has 2 N–H and O–H groups in total. The third-order valence-electron chi connectivity index (χ3n) is 8.50. The molecule has 46 heavy (non-hydrogen) atoms. The van der Waals surface area contributed by atoms with E-state index in [9.17, 15) is 22.0 Å². The van der Waals surface area contributed by atoms with E-state index >= 15 is 0 Å². The molecule has 0 saturated carbocycles. The normalized spacial score (nSPS) is 13.2. The fourth-order valence-corrected chi connectivity index (χ4v) is 6.81. The van der Waals surface area contributed by atoms with Gasteiger partial charge >= 0.3 is 0 Å². The van der Waals surface area contributed by atoms with Gasteiger partial charge in [-0.3, -0.25) is 9.52 Å². The third kappa shape index (κ3) is 5.10. The zero-order chi connectivity index (χ0) is 32.2. The number of amides is 1. The molecule has 1 amide bonds. The average molecular weight is 641 g/mol. The van der Waals surface area contributed by atoms with Crippen molar-refractivity contribution in [2.75, 3.05) is 17.5 Å². The molecule has 234 valence electrons. The predicted octanol–water partition coefficient (Wildman–Crippen LogP) is 7.52. The van der Waals surface area contributed by atoms with Gasteiger partial charge in [0.1, 0.15) is 23.0 Å². The molecule has 3 aromatic carbocycles. The lowest BCUT2D eigenvalue weighted by atomic mass is 9.98. The number of rotatable bonds is 6. The number of nitrogens with one attached hydrogen (secondary N) is 2. The number of hydrogen-bond donors (Lipinski definition) is 2. The molecule has 6 aromatic rings. The Hall–Kier alpha value is -5.03. The van der Waals surface area contributed by atoms with Crippen molar-refractivity contribution >= 4 is 43.5 Å². The van der Waals surface area contributed by atoms with E-state index in [4.69, 9.17) is 9.40 Å². The van der Waals surface area contributed by atoms with Crippen LogP contribution in [0.15, 0.2) is 77.2 Å². The van der Waals surface area contributed by atoms with E-state index in [0.717, 1.165) is 36.0 Å². The zero-order valence-electron chi connectivity index (χ0n) is 25.2. The zero-order valence-corrected chi connectivity index (χ0v) is 26.0. The summed E-state index contributed by atoms with van der Waals surface area (Å²) >= 11 is 0. The summed E-state index contributed by atoms with van der Waals surface area (Å²) in [6.07, 6.45) is 2.63. The quantitative estimate of drug-likeness (QED) is 0.196. The number of nitrogens with zero attached hydrogens (tertiary/aromatic N) is 2. The summed E-state index contributed by atoms with van der Waals surface area (Å²) in [4.78, 5) is 18.4. The molecule has 0 fully saturated rings. The number of benzene rings is 3. The molecule has 0 atom stereocenters. The van der Waals surface area contributed by atoms with Crippen molar-refractivity contribution < 1.29 is 26.4 Å². The smallest absolute Gasteiger partial charge is 0.255 e. The number of anilines is 1. The maximum absolute atomic E-state index is 14.9. The number of furan rings is 1. The first-order valence-electron chi connectivity index (χ1n) is 15.0. The van der Waals surface area contributed by atoms with E-state index < -0.39 is 21.7 Å². The second-order valence-electron chi connectivity index (χ2n) is 11.3. The molecular weight excluding hydrogens is 610 g/mol. The number of carbonyl (C=O) groups is 1. The SMILES string of the molecule is CCS(=O)(=O)Nc1cc2oc(-c3ccc(F)cc3)c(C(=O)NC)c2cc1-c1ccc2c(n1)-c1cc3c(F)cccc3n1CCCC2. The van der Waals surface area contributed by atoms with Crippen LogP contribution in [0.3, 0.4) is 0 Å². The van der Waals surface area contributed by atoms with Gasteiger partial charge in [0.25, 0.3) is 5.91 Å². The highest BCUT2D eigenvalue weighted by Crippen LogP contribution is 2.41. The summed E-state index contributed by atoms with van der Waals surface area (Å²) in [5, 5.41) is 3.59. The van der Waals surface area contributed by atoms with Gasteiger partial charge in [-0.2, -0.15) is 0 Å². The molecule has 0 saturated heterocycles. The molecule has 1 aliphatic heterocycles. The Kier molecular flexibility index (Phi) is 7.35. The third-order valence-corrected chi connectivity index (χ3v) is 9.79. The first-order chi connectivity index (χ1) is 22.2. The summed E-state index contributed by atoms with van der Waals surface area (Å²) in [7, 11) is -2.24. The standard InChI is InChI=1S/C35H30F2N4O4S/c1-3-46(43,44)40-28-19-31-25(32(35(42)38-2)34(45-31)21-10-13-22(36)14-11-21)17-24(28)27-15-12-20-7-4-5-16-41-29-9-6-8-26(37)23(29)18-30(41)33(20)39-27/h6,8-15,17-19,40H,3-5,7,16H2,1-2H3,(H,38,42). The van der Waals surface area contributed by atoms with Crippen molar-refractivity contribution in [2.24, 2.45) is 0 Å². The monoisotopic (exact) mass is 640 g/mol. The fourth-order valence-electron chi connectivity index (χ4n) is 6.17. The molecule has 7 rings (SSSR count). The Morgan fingerprint density at radius 2 is 1.80 bits per heavy atom. The molecule has 1 aliphatic rings. The van der Waals surface area contributed by atoms with Gasteiger partial charge in [-0.25, -0.2) is 22.2 Å². The topological polar surface area (TPSA) is 106 Å². The lowest BCUT2D eigenvalue weighted by molar-refractivity contribution is 0.0964. The van der Waals surface area contributed by atoms with Crippen LogP contribution in [-0.2, 0) is 23.0 Å². The Balaban J connectivity index is 1.49. The van der Waals surface area contributed by atoms with Crippen molar-refractivity contribution in [3.63, 3.8) is 0 Å². The van der Waals surface area contributed by atoms with Crippen LogP contribution in [0.4, 0.5) is 14.5 Å². The van der Waals surface area contributed by atoms with Crippen molar-refractivity contribution in [1.29, 1.82) is 0 Å². The molecule has 0 unspecified atom stereocenters. The molecule has 8 nitrogen and oxygen atoms in total. The summed E-state index contributed by atoms with van der Waals surface area (Å²) in [5.74, 6) is -1.13. The molecular formula is C35H30F2N4O4S. The van der Waals surface area contributed by atoms with Crippen LogP contribution in [0.1, 0.15) is 35.7 Å². The molecule has 0 aliphatic carbocycles. The number of pyridine rings is 1. The number of sulfonamides is 1. The van der Waals surface area contributed by atoms with E-state index in [-0.39, 0.29) is 34.2 Å². The molecule has 4 heterocycles. The second kappa shape index (κ2) is 11.4. The van der Waals surface area contributed by atoms with Crippen molar-refractivity contribution in [3.8, 4) is 34.0 Å². The maximum Gasteiger partial charge on any atom is 0.255 e. The Labute approximate surface area is 264 Å². The lowest BCUT2D eigenvalue weighted by Gasteiger charge is -2.19. The Bertz CT molecular complexity index is 2270. The number of aryl methyl sites for hydroxylation is 2. The molecule has 0 spiro atoms. The molecule has 0 bridgehead atoms. The van der Waals surface area contributed by atoms with Crippen molar-refractivity contribution in [3.05, 3.63) is 95.6 Å². The largest absolute Gasteiger partial charge is 0.455 e. The minimum absolute atomic E-state index is 0.170. The van der Waals surface area contributed by atoms with Gasteiger partial charge in [-0.1, -0.05) is 12.1 Å². The van der Waals surface area contributed by atoms with Crippen LogP contribution < -0.4 is 10.0 Å². The van der Waals surface area contributed by atoms with Gasteiger partial charge in [0, 0.05) is 41.6 Å². The first-order valence-corrected chi connectivity index (χ1v) is 16.7. The fraction of sp³-hybridized carbons (Fsp3) is 0.200. The van der Waals surface area contributed by atoms with Crippen LogP contribution in [0.25, 0.3) is 55.8 Å². The van der Waals surface area contributed by atoms with Crippen LogP contribution in [0, 0.1) is 11.6 Å². The van der Waals surface area contributed by atoms with Gasteiger partial charge in [0.15, 0.2) is 0 Å². The van der Waals surface area contributed by atoms with Gasteiger partial charge in [-0.15, -0.1) is 0 Å².